The number of benzene rings is 6. The average molecular weight is 602 g/mol. The molecule has 47 heavy (non-hydrogen) atoms. The van der Waals surface area contributed by atoms with Gasteiger partial charge < -0.3 is 0 Å². The second-order valence-electron chi connectivity index (χ2n) is 12.9. The van der Waals surface area contributed by atoms with Gasteiger partial charge in [-0.3, -0.25) is 4.98 Å². The maximum Gasteiger partial charge on any atom is 0.160 e. The highest BCUT2D eigenvalue weighted by atomic mass is 14.9. The minimum Gasteiger partial charge on any atom is -0.265 e. The lowest BCUT2D eigenvalue weighted by molar-refractivity contribution is 0.666. The molecule has 0 N–H and O–H groups in total. The zero-order valence-corrected chi connectivity index (χ0v) is 26.3. The van der Waals surface area contributed by atoms with Crippen molar-refractivity contribution in [2.24, 2.45) is 0 Å². The zero-order valence-electron chi connectivity index (χ0n) is 26.3. The predicted octanol–water partition coefficient (Wildman–Crippen LogP) is 11.2. The molecule has 0 atom stereocenters. The van der Waals surface area contributed by atoms with Gasteiger partial charge in [0.25, 0.3) is 0 Å². The van der Waals surface area contributed by atoms with Crippen LogP contribution in [0.2, 0.25) is 0 Å². The lowest BCUT2D eigenvalue weighted by atomic mass is 9.80. The molecule has 0 bridgehead atoms. The Morgan fingerprint density at radius 3 is 1.91 bits per heavy atom. The fraction of sp³-hybridized carbons (Fsp3) is 0.0682. The van der Waals surface area contributed by atoms with Crippen molar-refractivity contribution in [2.75, 3.05) is 0 Å². The summed E-state index contributed by atoms with van der Waals surface area (Å²) in [6.07, 6.45) is 3.62. The van der Waals surface area contributed by atoms with Gasteiger partial charge in [0.15, 0.2) is 5.82 Å². The van der Waals surface area contributed by atoms with Crippen molar-refractivity contribution in [2.45, 2.75) is 19.3 Å². The highest BCUT2D eigenvalue weighted by molar-refractivity contribution is 6.06. The molecule has 0 aliphatic heterocycles. The van der Waals surface area contributed by atoms with Gasteiger partial charge >= 0.3 is 0 Å². The molecule has 2 aromatic heterocycles. The Labute approximate surface area is 274 Å². The van der Waals surface area contributed by atoms with Crippen LogP contribution >= 0.6 is 0 Å². The Morgan fingerprint density at radius 2 is 1.11 bits per heavy atom. The molecule has 0 spiro atoms. The summed E-state index contributed by atoms with van der Waals surface area (Å²) < 4.78 is 0. The molecule has 1 aliphatic carbocycles. The van der Waals surface area contributed by atoms with E-state index < -0.39 is 0 Å². The topological polar surface area (TPSA) is 38.7 Å². The number of hydrogen-bond donors (Lipinski definition) is 0. The Balaban J connectivity index is 1.22. The van der Waals surface area contributed by atoms with Crippen molar-refractivity contribution >= 4 is 21.5 Å². The van der Waals surface area contributed by atoms with E-state index in [1.807, 2.05) is 42.7 Å². The van der Waals surface area contributed by atoms with Gasteiger partial charge in [-0.05, 0) is 79.2 Å². The zero-order chi connectivity index (χ0) is 31.5. The third kappa shape index (κ3) is 4.39. The molecule has 9 rings (SSSR count). The summed E-state index contributed by atoms with van der Waals surface area (Å²) in [6, 6.07) is 49.9. The maximum atomic E-state index is 5.14. The standard InChI is InChI=1S/C44H31N3/c1-44(2)39-21-17-31(26-38(39)37-18-16-28-10-6-7-13-33(28)42(37)44)32-19-20-36(35-15-9-8-14-34(32)35)41-27-40(29-22-24-45-25-23-29)46-43(47-41)30-11-4-3-5-12-30/h3-27H,1-2H3. The molecule has 0 saturated carbocycles. The van der Waals surface area contributed by atoms with Gasteiger partial charge in [0.1, 0.15) is 0 Å². The third-order valence-electron chi connectivity index (χ3n) is 9.78. The molecule has 3 nitrogen and oxygen atoms in total. The monoisotopic (exact) mass is 601 g/mol. The number of pyridine rings is 1. The van der Waals surface area contributed by atoms with Crippen LogP contribution in [0.1, 0.15) is 25.0 Å². The van der Waals surface area contributed by atoms with Crippen LogP contribution in [-0.4, -0.2) is 15.0 Å². The molecule has 0 saturated heterocycles. The van der Waals surface area contributed by atoms with Gasteiger partial charge in [0.05, 0.1) is 11.4 Å². The summed E-state index contributed by atoms with van der Waals surface area (Å²) in [5.41, 5.74) is 12.7. The molecule has 2 heterocycles. The lowest BCUT2D eigenvalue weighted by Gasteiger charge is -2.23. The van der Waals surface area contributed by atoms with E-state index in [2.05, 4.69) is 128 Å². The van der Waals surface area contributed by atoms with Gasteiger partial charge in [0, 0.05) is 34.5 Å². The first kappa shape index (κ1) is 27.4. The van der Waals surface area contributed by atoms with Gasteiger partial charge in [-0.25, -0.2) is 9.97 Å². The number of fused-ring (bicyclic) bond motifs is 6. The van der Waals surface area contributed by atoms with Crippen LogP contribution in [0.15, 0.2) is 152 Å². The first-order valence-electron chi connectivity index (χ1n) is 16.1. The summed E-state index contributed by atoms with van der Waals surface area (Å²) in [6.45, 7) is 4.72. The molecule has 3 heteroatoms. The number of rotatable bonds is 4. The average Bonchev–Trinajstić information content (AvgIpc) is 3.37. The highest BCUT2D eigenvalue weighted by Gasteiger charge is 2.37. The van der Waals surface area contributed by atoms with Gasteiger partial charge in [-0.15, -0.1) is 0 Å². The van der Waals surface area contributed by atoms with E-state index in [1.165, 1.54) is 49.5 Å². The fourth-order valence-corrected chi connectivity index (χ4v) is 7.53. The molecule has 6 aromatic carbocycles. The molecule has 8 aromatic rings. The molecule has 0 fully saturated rings. The van der Waals surface area contributed by atoms with Crippen LogP contribution in [0.5, 0.6) is 0 Å². The first-order chi connectivity index (χ1) is 23.1. The Bertz CT molecular complexity index is 2420. The van der Waals surface area contributed by atoms with Crippen LogP contribution in [0.25, 0.3) is 77.7 Å². The van der Waals surface area contributed by atoms with E-state index >= 15 is 0 Å². The smallest absolute Gasteiger partial charge is 0.160 e. The molecule has 222 valence electrons. The van der Waals surface area contributed by atoms with Crippen LogP contribution in [0.3, 0.4) is 0 Å². The van der Waals surface area contributed by atoms with Crippen molar-refractivity contribution in [3.8, 4) is 56.2 Å². The van der Waals surface area contributed by atoms with Crippen LogP contribution in [0.4, 0.5) is 0 Å². The molecule has 0 amide bonds. The molecular weight excluding hydrogens is 571 g/mol. The number of hydrogen-bond acceptors (Lipinski definition) is 3. The van der Waals surface area contributed by atoms with Crippen LogP contribution < -0.4 is 0 Å². The van der Waals surface area contributed by atoms with Crippen LogP contribution in [0, 0.1) is 0 Å². The van der Waals surface area contributed by atoms with E-state index in [0.717, 1.165) is 33.5 Å². The van der Waals surface area contributed by atoms with Crippen LogP contribution in [-0.2, 0) is 5.41 Å². The van der Waals surface area contributed by atoms with E-state index in [1.54, 1.807) is 0 Å². The minimum absolute atomic E-state index is 0.0774. The molecule has 0 unspecified atom stereocenters. The predicted molar refractivity (Wildman–Crippen MR) is 194 cm³/mol. The molecular formula is C44H31N3. The second kappa shape index (κ2) is 10.6. The Hall–Kier alpha value is -5.93. The van der Waals surface area contributed by atoms with Gasteiger partial charge in [-0.2, -0.15) is 0 Å². The van der Waals surface area contributed by atoms with Crippen molar-refractivity contribution in [3.05, 3.63) is 163 Å². The van der Waals surface area contributed by atoms with E-state index in [9.17, 15) is 0 Å². The Kier molecular flexibility index (Phi) is 6.16. The summed E-state index contributed by atoms with van der Waals surface area (Å²) in [5, 5.41) is 5.00. The van der Waals surface area contributed by atoms with E-state index in [-0.39, 0.29) is 5.41 Å². The second-order valence-corrected chi connectivity index (χ2v) is 12.9. The summed E-state index contributed by atoms with van der Waals surface area (Å²) in [4.78, 5) is 14.3. The lowest BCUT2D eigenvalue weighted by Crippen LogP contribution is -2.15. The number of nitrogens with zero attached hydrogens (tertiary/aromatic N) is 3. The largest absolute Gasteiger partial charge is 0.265 e. The minimum atomic E-state index is -0.0774. The number of aromatic nitrogens is 3. The maximum absolute atomic E-state index is 5.14. The normalized spacial score (nSPS) is 13.1. The summed E-state index contributed by atoms with van der Waals surface area (Å²) >= 11 is 0. The summed E-state index contributed by atoms with van der Waals surface area (Å²) in [5.74, 6) is 0.704. The van der Waals surface area contributed by atoms with Crippen molar-refractivity contribution in [3.63, 3.8) is 0 Å². The van der Waals surface area contributed by atoms with Gasteiger partial charge in [-0.1, -0.05) is 129 Å². The fourth-order valence-electron chi connectivity index (χ4n) is 7.53. The SMILES string of the molecule is CC1(C)c2ccc(-c3ccc(-c4cc(-c5ccncc5)nc(-c5ccccc5)n4)c4ccccc34)cc2-c2ccc3ccccc3c21. The third-order valence-corrected chi connectivity index (χ3v) is 9.78. The molecule has 0 radical (unpaired) electrons. The van der Waals surface area contributed by atoms with E-state index in [0.29, 0.717) is 5.82 Å². The quantitative estimate of drug-likeness (QED) is 0.201. The highest BCUT2D eigenvalue weighted by Crippen LogP contribution is 2.52. The van der Waals surface area contributed by atoms with Gasteiger partial charge in [0.2, 0.25) is 0 Å². The van der Waals surface area contributed by atoms with Crippen molar-refractivity contribution < 1.29 is 0 Å². The van der Waals surface area contributed by atoms with Crippen molar-refractivity contribution in [1.82, 2.24) is 15.0 Å². The molecule has 1 aliphatic rings. The van der Waals surface area contributed by atoms with Crippen molar-refractivity contribution in [1.29, 1.82) is 0 Å². The van der Waals surface area contributed by atoms with E-state index in [4.69, 9.17) is 9.97 Å². The Morgan fingerprint density at radius 1 is 0.447 bits per heavy atom. The summed E-state index contributed by atoms with van der Waals surface area (Å²) in [7, 11) is 0. The first-order valence-corrected chi connectivity index (χ1v) is 16.1.